The molecule has 2 bridgehead atoms. The van der Waals surface area contributed by atoms with Crippen molar-refractivity contribution in [2.24, 2.45) is 11.1 Å². The van der Waals surface area contributed by atoms with Crippen LogP contribution in [-0.2, 0) is 10.0 Å². The third-order valence-corrected chi connectivity index (χ3v) is 5.60. The zero-order valence-corrected chi connectivity index (χ0v) is 12.6. The van der Waals surface area contributed by atoms with Gasteiger partial charge in [-0.05, 0) is 37.3 Å². The van der Waals surface area contributed by atoms with E-state index >= 15 is 0 Å². The second kappa shape index (κ2) is 4.93. The maximum atomic E-state index is 14.0. The summed E-state index contributed by atoms with van der Waals surface area (Å²) in [5.74, 6) is -0.867. The summed E-state index contributed by atoms with van der Waals surface area (Å²) in [5.41, 5.74) is -0.295. The van der Waals surface area contributed by atoms with Gasteiger partial charge < -0.3 is 4.90 Å². The smallest absolute Gasteiger partial charge is 0.257 e. The average Bonchev–Trinajstić information content (AvgIpc) is 2.98. The minimum absolute atomic E-state index is 0.121. The highest BCUT2D eigenvalue weighted by molar-refractivity contribution is 7.89. The van der Waals surface area contributed by atoms with Gasteiger partial charge in [0.2, 0.25) is 10.0 Å². The van der Waals surface area contributed by atoms with Gasteiger partial charge in [-0.25, -0.2) is 17.9 Å². The Kier molecular flexibility index (Phi) is 3.46. The van der Waals surface area contributed by atoms with Gasteiger partial charge in [-0.3, -0.25) is 4.79 Å². The number of sulfonamides is 1. The zero-order valence-electron chi connectivity index (χ0n) is 11.1. The number of carbonyl (C=O) groups excluding carboxylic acids is 1. The molecule has 2 fully saturated rings. The van der Waals surface area contributed by atoms with E-state index in [2.05, 4.69) is 0 Å². The number of fused-ring (bicyclic) bond motifs is 2. The summed E-state index contributed by atoms with van der Waals surface area (Å²) in [7, 11) is -4.11. The predicted octanol–water partition coefficient (Wildman–Crippen LogP) is 1.75. The number of benzene rings is 1. The molecule has 21 heavy (non-hydrogen) atoms. The number of piperidine rings is 1. The number of primary sulfonamides is 1. The first-order valence-corrected chi connectivity index (χ1v) is 8.52. The van der Waals surface area contributed by atoms with Gasteiger partial charge in [0, 0.05) is 12.6 Å². The molecule has 0 aromatic heterocycles. The molecule has 1 heterocycles. The highest BCUT2D eigenvalue weighted by atomic mass is 35.5. The van der Waals surface area contributed by atoms with Crippen molar-refractivity contribution in [1.82, 2.24) is 4.90 Å². The maximum Gasteiger partial charge on any atom is 0.257 e. The number of hydrogen-bond acceptors (Lipinski definition) is 3. The summed E-state index contributed by atoms with van der Waals surface area (Å²) in [4.78, 5) is 13.6. The summed E-state index contributed by atoms with van der Waals surface area (Å²) in [5, 5.41) is 4.71. The van der Waals surface area contributed by atoms with E-state index in [0.717, 1.165) is 31.4 Å². The molecule has 1 aromatic carbocycles. The van der Waals surface area contributed by atoms with Gasteiger partial charge in [-0.2, -0.15) is 0 Å². The lowest BCUT2D eigenvalue weighted by Gasteiger charge is -2.27. The molecule has 0 spiro atoms. The normalized spacial score (nSPS) is 24.6. The molecular weight excluding hydrogens is 319 g/mol. The van der Waals surface area contributed by atoms with Crippen LogP contribution >= 0.6 is 11.6 Å². The fourth-order valence-corrected chi connectivity index (χ4v) is 4.33. The monoisotopic (exact) mass is 332 g/mol. The van der Waals surface area contributed by atoms with Crippen LogP contribution in [0.2, 0.25) is 5.02 Å². The molecule has 2 N–H and O–H groups in total. The molecule has 8 heteroatoms. The van der Waals surface area contributed by atoms with Crippen LogP contribution in [-0.4, -0.2) is 31.8 Å². The fraction of sp³-hybridized carbons (Fsp3) is 0.462. The molecule has 1 amide bonds. The number of halogens is 2. The van der Waals surface area contributed by atoms with Crippen LogP contribution < -0.4 is 5.14 Å². The summed E-state index contributed by atoms with van der Waals surface area (Å²) in [6, 6.07) is 1.87. The molecule has 2 unspecified atom stereocenters. The Labute approximate surface area is 126 Å². The van der Waals surface area contributed by atoms with Crippen molar-refractivity contribution >= 4 is 27.5 Å². The Morgan fingerprint density at radius 1 is 1.38 bits per heavy atom. The van der Waals surface area contributed by atoms with E-state index in [4.69, 9.17) is 16.7 Å². The quantitative estimate of drug-likeness (QED) is 0.896. The van der Waals surface area contributed by atoms with Gasteiger partial charge in [-0.15, -0.1) is 0 Å². The number of hydrogen-bond donors (Lipinski definition) is 1. The molecule has 5 nitrogen and oxygen atoms in total. The van der Waals surface area contributed by atoms with Crippen molar-refractivity contribution in [3.63, 3.8) is 0 Å². The van der Waals surface area contributed by atoms with Crippen molar-refractivity contribution < 1.29 is 17.6 Å². The molecule has 1 aliphatic heterocycles. The fourth-order valence-electron chi connectivity index (χ4n) is 3.24. The standard InChI is InChI=1S/C13H14ClFN2O3S/c14-10-5-11(15)9(4-12(10)21(16,19)20)13(18)17-6-7-1-2-8(17)3-7/h4-5,7-8H,1-3,6H2,(H2,16,19,20). The first-order chi connectivity index (χ1) is 9.77. The molecule has 1 saturated carbocycles. The van der Waals surface area contributed by atoms with E-state index < -0.39 is 26.6 Å². The third-order valence-electron chi connectivity index (χ3n) is 4.23. The van der Waals surface area contributed by atoms with Crippen LogP contribution in [0.15, 0.2) is 17.0 Å². The Bertz CT molecular complexity index is 722. The van der Waals surface area contributed by atoms with Crippen LogP contribution in [0.3, 0.4) is 0 Å². The van der Waals surface area contributed by atoms with Crippen LogP contribution in [0.25, 0.3) is 0 Å². The van der Waals surface area contributed by atoms with Gasteiger partial charge in [0.1, 0.15) is 10.7 Å². The molecule has 114 valence electrons. The lowest BCUT2D eigenvalue weighted by molar-refractivity contribution is 0.0698. The number of amides is 1. The third kappa shape index (κ3) is 2.54. The molecule has 2 atom stereocenters. The van der Waals surface area contributed by atoms with E-state index in [9.17, 15) is 17.6 Å². The zero-order chi connectivity index (χ0) is 15.4. The highest BCUT2D eigenvalue weighted by Gasteiger charge is 2.41. The van der Waals surface area contributed by atoms with E-state index in [-0.39, 0.29) is 16.6 Å². The number of carbonyl (C=O) groups is 1. The number of rotatable bonds is 2. The molecule has 3 rings (SSSR count). The Morgan fingerprint density at radius 2 is 2.10 bits per heavy atom. The SMILES string of the molecule is NS(=O)(=O)c1cc(C(=O)N2CC3CCC2C3)c(F)cc1Cl. The molecular formula is C13H14ClFN2O3S. The van der Waals surface area contributed by atoms with E-state index in [0.29, 0.717) is 12.5 Å². The van der Waals surface area contributed by atoms with Crippen LogP contribution in [0.4, 0.5) is 4.39 Å². The van der Waals surface area contributed by atoms with Crippen LogP contribution in [0.1, 0.15) is 29.6 Å². The Morgan fingerprint density at radius 3 is 2.62 bits per heavy atom. The molecule has 0 radical (unpaired) electrons. The lowest BCUT2D eigenvalue weighted by Crippen LogP contribution is -2.38. The molecule has 1 aliphatic carbocycles. The lowest BCUT2D eigenvalue weighted by atomic mass is 10.1. The van der Waals surface area contributed by atoms with Crippen LogP contribution in [0, 0.1) is 11.7 Å². The second-order valence-corrected chi connectivity index (χ2v) is 7.53. The van der Waals surface area contributed by atoms with Gasteiger partial charge in [0.25, 0.3) is 5.91 Å². The van der Waals surface area contributed by atoms with Crippen LogP contribution in [0.5, 0.6) is 0 Å². The Hall–Kier alpha value is -1.18. The minimum atomic E-state index is -4.11. The summed E-state index contributed by atoms with van der Waals surface area (Å²) >= 11 is 5.69. The van der Waals surface area contributed by atoms with Crippen molar-refractivity contribution in [2.45, 2.75) is 30.2 Å². The van der Waals surface area contributed by atoms with Gasteiger partial charge in [-0.1, -0.05) is 11.6 Å². The largest absolute Gasteiger partial charge is 0.335 e. The van der Waals surface area contributed by atoms with Gasteiger partial charge >= 0.3 is 0 Å². The van der Waals surface area contributed by atoms with E-state index in [1.54, 1.807) is 4.90 Å². The minimum Gasteiger partial charge on any atom is -0.335 e. The predicted molar refractivity (Wildman–Crippen MR) is 74.9 cm³/mol. The van der Waals surface area contributed by atoms with Gasteiger partial charge in [0.05, 0.1) is 10.6 Å². The van der Waals surface area contributed by atoms with E-state index in [1.807, 2.05) is 0 Å². The topological polar surface area (TPSA) is 80.5 Å². The molecule has 2 aliphatic rings. The summed E-state index contributed by atoms with van der Waals surface area (Å²) in [6.07, 6.45) is 2.93. The molecule has 1 saturated heterocycles. The number of likely N-dealkylation sites (tertiary alicyclic amines) is 1. The Balaban J connectivity index is 2.00. The molecule has 1 aromatic rings. The van der Waals surface area contributed by atoms with Crippen molar-refractivity contribution in [2.75, 3.05) is 6.54 Å². The summed E-state index contributed by atoms with van der Waals surface area (Å²) in [6.45, 7) is 0.594. The van der Waals surface area contributed by atoms with Crippen molar-refractivity contribution in [3.05, 3.63) is 28.5 Å². The van der Waals surface area contributed by atoms with Crippen molar-refractivity contribution in [1.29, 1.82) is 0 Å². The highest BCUT2D eigenvalue weighted by Crippen LogP contribution is 2.38. The van der Waals surface area contributed by atoms with E-state index in [1.165, 1.54) is 0 Å². The summed E-state index contributed by atoms with van der Waals surface area (Å²) < 4.78 is 36.9. The first kappa shape index (κ1) is 14.7. The number of nitrogens with zero attached hydrogens (tertiary/aromatic N) is 1. The first-order valence-electron chi connectivity index (χ1n) is 6.60. The maximum absolute atomic E-state index is 14.0. The number of nitrogens with two attached hydrogens (primary N) is 1. The van der Waals surface area contributed by atoms with Gasteiger partial charge in [0.15, 0.2) is 0 Å². The second-order valence-electron chi connectivity index (χ2n) is 5.60. The van der Waals surface area contributed by atoms with Crippen molar-refractivity contribution in [3.8, 4) is 0 Å². The average molecular weight is 333 g/mol.